The van der Waals surface area contributed by atoms with Gasteiger partial charge in [-0.05, 0) is 31.1 Å². The molecular formula is C17H16N4OS. The minimum atomic E-state index is -0.260. The van der Waals surface area contributed by atoms with Gasteiger partial charge < -0.3 is 10.7 Å². The van der Waals surface area contributed by atoms with Gasteiger partial charge in [0.05, 0.1) is 16.1 Å². The number of pyridine rings is 2. The number of anilines is 1. The number of nitrogens with two attached hydrogens (primary N) is 1. The highest BCUT2D eigenvalue weighted by molar-refractivity contribution is 7.16. The molecule has 3 N–H and O–H groups in total. The van der Waals surface area contributed by atoms with Gasteiger partial charge in [0.1, 0.15) is 16.1 Å². The largest absolute Gasteiger partial charge is 0.396 e. The third-order valence-electron chi connectivity index (χ3n) is 3.56. The lowest BCUT2D eigenvalue weighted by molar-refractivity contribution is 1.24. The van der Waals surface area contributed by atoms with Gasteiger partial charge in [-0.1, -0.05) is 18.7 Å². The zero-order valence-electron chi connectivity index (χ0n) is 12.9. The van der Waals surface area contributed by atoms with E-state index in [1.165, 1.54) is 11.3 Å². The summed E-state index contributed by atoms with van der Waals surface area (Å²) in [6, 6.07) is 1.85. The Morgan fingerprint density at radius 1 is 1.39 bits per heavy atom. The van der Waals surface area contributed by atoms with Crippen LogP contribution in [0.25, 0.3) is 27.2 Å². The number of nitrogen functional groups attached to an aromatic ring is 1. The maximum Gasteiger partial charge on any atom is 0.260 e. The van der Waals surface area contributed by atoms with Crippen LogP contribution in [0.2, 0.25) is 0 Å². The topological polar surface area (TPSA) is 84.7 Å². The van der Waals surface area contributed by atoms with Gasteiger partial charge in [0, 0.05) is 12.4 Å². The Kier molecular flexibility index (Phi) is 3.83. The highest BCUT2D eigenvalue weighted by Gasteiger charge is 2.17. The summed E-state index contributed by atoms with van der Waals surface area (Å²) in [4.78, 5) is 24.9. The molecule has 0 atom stereocenters. The zero-order valence-corrected chi connectivity index (χ0v) is 13.7. The number of aromatic nitrogens is 3. The number of fused-ring (bicyclic) bond motifs is 1. The summed E-state index contributed by atoms with van der Waals surface area (Å²) in [5.41, 5.74) is 9.80. The molecule has 0 unspecified atom stereocenters. The SMILES string of the molecule is C=C/C(=C\C)c1cnc(-c2c(N)c3ncc(C)cc3[nH]c2=O)s1. The summed E-state index contributed by atoms with van der Waals surface area (Å²) in [6.07, 6.45) is 7.16. The van der Waals surface area contributed by atoms with E-state index < -0.39 is 0 Å². The van der Waals surface area contributed by atoms with Gasteiger partial charge in [-0.15, -0.1) is 11.3 Å². The normalized spacial score (nSPS) is 11.8. The molecule has 0 amide bonds. The maximum absolute atomic E-state index is 12.5. The van der Waals surface area contributed by atoms with Crippen molar-refractivity contribution in [3.8, 4) is 10.6 Å². The van der Waals surface area contributed by atoms with E-state index in [1.54, 1.807) is 18.5 Å². The molecule has 5 nitrogen and oxygen atoms in total. The van der Waals surface area contributed by atoms with Crippen molar-refractivity contribution in [3.63, 3.8) is 0 Å². The van der Waals surface area contributed by atoms with Gasteiger partial charge in [0.25, 0.3) is 5.56 Å². The second kappa shape index (κ2) is 5.81. The number of nitrogens with one attached hydrogen (secondary N) is 1. The number of H-pyrrole nitrogens is 1. The van der Waals surface area contributed by atoms with Crippen molar-refractivity contribution in [2.24, 2.45) is 0 Å². The Hall–Kier alpha value is -2.73. The van der Waals surface area contributed by atoms with E-state index in [1.807, 2.05) is 26.0 Å². The number of nitrogens with zero attached hydrogens (tertiary/aromatic N) is 2. The number of hydrogen-bond acceptors (Lipinski definition) is 5. The fourth-order valence-corrected chi connectivity index (χ4v) is 3.44. The Morgan fingerprint density at radius 2 is 2.17 bits per heavy atom. The van der Waals surface area contributed by atoms with Crippen molar-refractivity contribution in [1.29, 1.82) is 0 Å². The minimum absolute atomic E-state index is 0.260. The van der Waals surface area contributed by atoms with Gasteiger partial charge in [0.2, 0.25) is 0 Å². The maximum atomic E-state index is 12.5. The van der Waals surface area contributed by atoms with Crippen molar-refractivity contribution in [1.82, 2.24) is 15.0 Å². The molecule has 3 heterocycles. The molecule has 0 bridgehead atoms. The molecule has 0 radical (unpaired) electrons. The molecule has 0 aliphatic rings. The lowest BCUT2D eigenvalue weighted by atomic mass is 10.1. The van der Waals surface area contributed by atoms with Crippen LogP contribution in [0.1, 0.15) is 17.4 Å². The van der Waals surface area contributed by atoms with E-state index in [4.69, 9.17) is 5.73 Å². The van der Waals surface area contributed by atoms with Crippen LogP contribution in [0.4, 0.5) is 5.69 Å². The molecule has 0 saturated heterocycles. The van der Waals surface area contributed by atoms with E-state index in [0.717, 1.165) is 16.0 Å². The molecule has 3 rings (SSSR count). The average molecular weight is 324 g/mol. The van der Waals surface area contributed by atoms with Crippen LogP contribution in [0, 0.1) is 6.92 Å². The summed E-state index contributed by atoms with van der Waals surface area (Å²) in [7, 11) is 0. The van der Waals surface area contributed by atoms with Crippen molar-refractivity contribution in [2.75, 3.05) is 5.73 Å². The van der Waals surface area contributed by atoms with Crippen LogP contribution in [0.15, 0.2) is 42.0 Å². The minimum Gasteiger partial charge on any atom is -0.396 e. The molecule has 0 spiro atoms. The first-order valence-corrected chi connectivity index (χ1v) is 7.90. The molecule has 0 saturated carbocycles. The average Bonchev–Trinajstić information content (AvgIpc) is 2.97. The highest BCUT2D eigenvalue weighted by Crippen LogP contribution is 2.33. The summed E-state index contributed by atoms with van der Waals surface area (Å²) < 4.78 is 0. The standard InChI is InChI=1S/C17H16N4OS/c1-4-10(5-2)12-8-20-17(23-12)13-14(18)15-11(21-16(13)22)6-9(3)7-19-15/h4-8H,1H2,2-3H3,(H3,18,21,22)/b10-5+. The van der Waals surface area contributed by atoms with E-state index >= 15 is 0 Å². The molecule has 0 fully saturated rings. The smallest absolute Gasteiger partial charge is 0.260 e. The van der Waals surface area contributed by atoms with Crippen LogP contribution < -0.4 is 11.3 Å². The summed E-state index contributed by atoms with van der Waals surface area (Å²) in [5, 5.41) is 0.573. The van der Waals surface area contributed by atoms with Crippen molar-refractivity contribution in [3.05, 3.63) is 58.0 Å². The third kappa shape index (κ3) is 2.57. The third-order valence-corrected chi connectivity index (χ3v) is 4.62. The molecule has 6 heteroatoms. The molecule has 23 heavy (non-hydrogen) atoms. The van der Waals surface area contributed by atoms with Crippen LogP contribution in [-0.2, 0) is 0 Å². The van der Waals surface area contributed by atoms with E-state index in [0.29, 0.717) is 27.3 Å². The lowest BCUT2D eigenvalue weighted by Crippen LogP contribution is -2.13. The molecule has 0 aromatic carbocycles. The fourth-order valence-electron chi connectivity index (χ4n) is 2.40. The molecule has 0 aliphatic heterocycles. The Morgan fingerprint density at radius 3 is 2.87 bits per heavy atom. The van der Waals surface area contributed by atoms with Gasteiger partial charge in [-0.25, -0.2) is 4.98 Å². The van der Waals surface area contributed by atoms with Crippen LogP contribution in [0.5, 0.6) is 0 Å². The molecular weight excluding hydrogens is 308 g/mol. The van der Waals surface area contributed by atoms with E-state index in [2.05, 4.69) is 21.5 Å². The van der Waals surface area contributed by atoms with Crippen molar-refractivity contribution >= 4 is 33.6 Å². The number of hydrogen-bond donors (Lipinski definition) is 2. The Labute approximate surface area is 137 Å². The zero-order chi connectivity index (χ0) is 16.6. The summed E-state index contributed by atoms with van der Waals surface area (Å²) in [5.74, 6) is 0. The molecule has 3 aromatic rings. The van der Waals surface area contributed by atoms with Crippen molar-refractivity contribution in [2.45, 2.75) is 13.8 Å². The monoisotopic (exact) mass is 324 g/mol. The lowest BCUT2D eigenvalue weighted by Gasteiger charge is -2.06. The first-order valence-electron chi connectivity index (χ1n) is 7.08. The van der Waals surface area contributed by atoms with Gasteiger partial charge >= 0.3 is 0 Å². The van der Waals surface area contributed by atoms with Gasteiger partial charge in [0.15, 0.2) is 0 Å². The molecule has 3 aromatic heterocycles. The predicted octanol–water partition coefficient (Wildman–Crippen LogP) is 3.53. The number of allylic oxidation sites excluding steroid dienone is 3. The van der Waals surface area contributed by atoms with Crippen LogP contribution >= 0.6 is 11.3 Å². The first kappa shape index (κ1) is 15.2. The summed E-state index contributed by atoms with van der Waals surface area (Å²) in [6.45, 7) is 7.63. The molecule has 116 valence electrons. The number of rotatable bonds is 3. The first-order chi connectivity index (χ1) is 11.0. The van der Waals surface area contributed by atoms with Crippen LogP contribution in [-0.4, -0.2) is 15.0 Å². The Bertz CT molecular complexity index is 997. The van der Waals surface area contributed by atoms with E-state index in [-0.39, 0.29) is 5.56 Å². The van der Waals surface area contributed by atoms with Crippen molar-refractivity contribution < 1.29 is 0 Å². The second-order valence-corrected chi connectivity index (χ2v) is 6.16. The predicted molar refractivity (Wildman–Crippen MR) is 96.5 cm³/mol. The fraction of sp³-hybridized carbons (Fsp3) is 0.118. The number of thiazole rings is 1. The molecule has 0 aliphatic carbocycles. The number of aryl methyl sites for hydroxylation is 1. The highest BCUT2D eigenvalue weighted by atomic mass is 32.1. The quantitative estimate of drug-likeness (QED) is 0.722. The van der Waals surface area contributed by atoms with Gasteiger partial charge in [-0.3, -0.25) is 9.78 Å². The van der Waals surface area contributed by atoms with Gasteiger partial charge in [-0.2, -0.15) is 0 Å². The van der Waals surface area contributed by atoms with Crippen LogP contribution in [0.3, 0.4) is 0 Å². The van der Waals surface area contributed by atoms with E-state index in [9.17, 15) is 4.79 Å². The number of aromatic amines is 1. The second-order valence-electron chi connectivity index (χ2n) is 5.13. The Balaban J connectivity index is 2.23. The summed E-state index contributed by atoms with van der Waals surface area (Å²) >= 11 is 1.40.